The summed E-state index contributed by atoms with van der Waals surface area (Å²) in [5.74, 6) is 0.529. The van der Waals surface area contributed by atoms with Crippen LogP contribution in [0.25, 0.3) is 48.6 Å². The Bertz CT molecular complexity index is 1600. The molecule has 0 amide bonds. The number of fused-ring (bicyclic) bond motifs is 5. The summed E-state index contributed by atoms with van der Waals surface area (Å²) in [4.78, 5) is 14.1. The quantitative estimate of drug-likeness (QED) is 0.363. The summed E-state index contributed by atoms with van der Waals surface area (Å²) in [5.41, 5.74) is 3.33. The molecule has 0 radical (unpaired) electrons. The highest BCUT2D eigenvalue weighted by atomic mass is 32.1. The van der Waals surface area contributed by atoms with E-state index in [2.05, 4.69) is 20.2 Å². The zero-order valence-corrected chi connectivity index (χ0v) is 17.6. The number of nitrogens with zero attached hydrogens (tertiary/aromatic N) is 7. The Morgan fingerprint density at radius 1 is 1.09 bits per heavy atom. The van der Waals surface area contributed by atoms with Crippen LogP contribution in [0.1, 0.15) is 19.0 Å². The van der Waals surface area contributed by atoms with E-state index in [4.69, 9.17) is 4.98 Å². The van der Waals surface area contributed by atoms with E-state index < -0.39 is 6.43 Å². The van der Waals surface area contributed by atoms with Crippen LogP contribution in [0.4, 0.5) is 8.78 Å². The van der Waals surface area contributed by atoms with Gasteiger partial charge >= 0.3 is 0 Å². The summed E-state index contributed by atoms with van der Waals surface area (Å²) in [6, 6.07) is 10.9. The average molecular weight is 447 g/mol. The number of aryl methyl sites for hydroxylation is 1. The molecule has 0 aliphatic carbocycles. The van der Waals surface area contributed by atoms with E-state index in [-0.39, 0.29) is 5.69 Å². The van der Waals surface area contributed by atoms with E-state index in [1.165, 1.54) is 17.4 Å². The van der Waals surface area contributed by atoms with Gasteiger partial charge in [-0.15, -0.1) is 16.4 Å². The minimum atomic E-state index is -2.67. The lowest BCUT2D eigenvalue weighted by Crippen LogP contribution is -1.93. The number of aromatic nitrogens is 7. The van der Waals surface area contributed by atoms with Crippen LogP contribution in [0.5, 0.6) is 0 Å². The van der Waals surface area contributed by atoms with Crippen LogP contribution >= 0.6 is 11.3 Å². The lowest BCUT2D eigenvalue weighted by atomic mass is 10.0. The highest BCUT2D eigenvalue weighted by molar-refractivity contribution is 7.26. The van der Waals surface area contributed by atoms with Crippen LogP contribution < -0.4 is 0 Å². The molecule has 0 atom stereocenters. The number of rotatable bonds is 4. The number of pyridine rings is 1. The number of halogens is 2. The average Bonchev–Trinajstić information content (AvgIpc) is 3.54. The predicted octanol–water partition coefficient (Wildman–Crippen LogP) is 5.38. The summed E-state index contributed by atoms with van der Waals surface area (Å²) < 4.78 is 31.4. The van der Waals surface area contributed by atoms with Crippen molar-refractivity contribution in [1.29, 1.82) is 0 Å². The molecule has 0 bridgehead atoms. The number of alkyl halides is 2. The van der Waals surface area contributed by atoms with E-state index in [1.54, 1.807) is 21.7 Å². The van der Waals surface area contributed by atoms with Gasteiger partial charge in [0.05, 0.1) is 17.3 Å². The van der Waals surface area contributed by atoms with Crippen molar-refractivity contribution < 1.29 is 8.78 Å². The van der Waals surface area contributed by atoms with Crippen molar-refractivity contribution >= 4 is 37.4 Å². The summed E-state index contributed by atoms with van der Waals surface area (Å²) in [7, 11) is 0. The van der Waals surface area contributed by atoms with Crippen LogP contribution in [-0.2, 0) is 6.54 Å². The fraction of sp³-hybridized carbons (Fsp3) is 0.136. The van der Waals surface area contributed by atoms with Crippen molar-refractivity contribution in [2.24, 2.45) is 0 Å². The van der Waals surface area contributed by atoms with Gasteiger partial charge in [0, 0.05) is 18.1 Å². The van der Waals surface area contributed by atoms with Gasteiger partial charge < -0.3 is 0 Å². The second kappa shape index (κ2) is 7.13. The maximum Gasteiger partial charge on any atom is 0.280 e. The van der Waals surface area contributed by atoms with Crippen molar-refractivity contribution in [2.45, 2.75) is 19.9 Å². The Labute approximate surface area is 184 Å². The lowest BCUT2D eigenvalue weighted by molar-refractivity contribution is 0.146. The molecule has 0 saturated heterocycles. The van der Waals surface area contributed by atoms with Crippen molar-refractivity contribution in [2.75, 3.05) is 0 Å². The molecule has 5 heterocycles. The van der Waals surface area contributed by atoms with Gasteiger partial charge in [0.25, 0.3) is 6.43 Å². The first kappa shape index (κ1) is 18.9. The Balaban J connectivity index is 1.65. The van der Waals surface area contributed by atoms with Gasteiger partial charge in [-0.2, -0.15) is 5.10 Å². The van der Waals surface area contributed by atoms with E-state index >= 15 is 0 Å². The largest absolute Gasteiger partial charge is 0.280 e. The third kappa shape index (κ3) is 2.87. The predicted molar refractivity (Wildman–Crippen MR) is 119 cm³/mol. The summed E-state index contributed by atoms with van der Waals surface area (Å²) in [6.07, 6.45) is 2.53. The van der Waals surface area contributed by atoms with Gasteiger partial charge in [-0.05, 0) is 24.1 Å². The first-order valence-corrected chi connectivity index (χ1v) is 10.8. The van der Waals surface area contributed by atoms with Crippen LogP contribution in [0.2, 0.25) is 0 Å². The maximum absolute atomic E-state index is 13.6. The third-order valence-electron chi connectivity index (χ3n) is 5.31. The molecule has 0 unspecified atom stereocenters. The maximum atomic E-state index is 13.6. The fourth-order valence-corrected chi connectivity index (χ4v) is 4.91. The molecule has 158 valence electrons. The molecule has 0 spiro atoms. The molecule has 0 aliphatic heterocycles. The SMILES string of the molecule is CCn1cc(-c2nc3c4sc5nc(C(F)F)cc(-c6ccccc6)c5c4ncn3n2)cn1. The molecule has 32 heavy (non-hydrogen) atoms. The topological polar surface area (TPSA) is 73.8 Å². The summed E-state index contributed by atoms with van der Waals surface area (Å²) >= 11 is 1.30. The van der Waals surface area contributed by atoms with Crippen molar-refractivity contribution in [3.63, 3.8) is 0 Å². The molecule has 10 heteroatoms. The van der Waals surface area contributed by atoms with Crippen molar-refractivity contribution in [1.82, 2.24) is 34.3 Å². The second-order valence-electron chi connectivity index (χ2n) is 7.25. The lowest BCUT2D eigenvalue weighted by Gasteiger charge is -2.07. The molecule has 0 fully saturated rings. The van der Waals surface area contributed by atoms with E-state index in [0.717, 1.165) is 27.8 Å². The van der Waals surface area contributed by atoms with Crippen LogP contribution in [-0.4, -0.2) is 34.3 Å². The normalized spacial score (nSPS) is 12.0. The van der Waals surface area contributed by atoms with Gasteiger partial charge in [0.1, 0.15) is 21.6 Å². The van der Waals surface area contributed by atoms with Crippen LogP contribution in [0.15, 0.2) is 55.1 Å². The van der Waals surface area contributed by atoms with Gasteiger partial charge in [0.15, 0.2) is 11.5 Å². The third-order valence-corrected chi connectivity index (χ3v) is 6.38. The monoisotopic (exact) mass is 447 g/mol. The molecule has 5 aromatic heterocycles. The van der Waals surface area contributed by atoms with E-state index in [1.807, 2.05) is 43.5 Å². The second-order valence-corrected chi connectivity index (χ2v) is 8.25. The highest BCUT2D eigenvalue weighted by Crippen LogP contribution is 2.41. The van der Waals surface area contributed by atoms with Gasteiger partial charge in [0.2, 0.25) is 0 Å². The van der Waals surface area contributed by atoms with Crippen LogP contribution in [0, 0.1) is 0 Å². The number of thiophene rings is 1. The Morgan fingerprint density at radius 3 is 2.69 bits per heavy atom. The summed E-state index contributed by atoms with van der Waals surface area (Å²) in [5, 5.41) is 9.56. The molecule has 0 aliphatic rings. The zero-order valence-electron chi connectivity index (χ0n) is 16.8. The number of hydrogen-bond donors (Lipinski definition) is 0. The molecule has 6 rings (SSSR count). The molecular formula is C22H15F2N7S. The molecule has 0 saturated carbocycles. The van der Waals surface area contributed by atoms with Crippen molar-refractivity contribution in [3.8, 4) is 22.5 Å². The fourth-order valence-electron chi connectivity index (χ4n) is 3.78. The van der Waals surface area contributed by atoms with E-state index in [9.17, 15) is 8.78 Å². The van der Waals surface area contributed by atoms with Gasteiger partial charge in [-0.25, -0.2) is 28.2 Å². The highest BCUT2D eigenvalue weighted by Gasteiger charge is 2.21. The molecular weight excluding hydrogens is 432 g/mol. The minimum absolute atomic E-state index is 0.256. The summed E-state index contributed by atoms with van der Waals surface area (Å²) in [6.45, 7) is 2.75. The Morgan fingerprint density at radius 2 is 1.94 bits per heavy atom. The Kier molecular flexibility index (Phi) is 4.22. The Hall–Kier alpha value is -3.79. The first-order valence-electron chi connectivity index (χ1n) is 9.97. The van der Waals surface area contributed by atoms with Gasteiger partial charge in [-0.3, -0.25) is 4.68 Å². The molecule has 6 aromatic rings. The van der Waals surface area contributed by atoms with E-state index in [0.29, 0.717) is 27.4 Å². The first-order chi connectivity index (χ1) is 15.6. The standard InChI is InChI=1S/C22H15F2N7S/c1-2-30-10-13(9-26-30)20-28-21-18-17(25-11-31(21)29-20)16-14(12-6-4-3-5-7-12)8-15(19(23)24)27-22(16)32-18/h3-11,19H,2H2,1H3. The number of benzene rings is 1. The smallest absolute Gasteiger partial charge is 0.272 e. The molecule has 1 aromatic carbocycles. The zero-order chi connectivity index (χ0) is 21.8. The van der Waals surface area contributed by atoms with Crippen molar-refractivity contribution in [3.05, 3.63) is 60.8 Å². The minimum Gasteiger partial charge on any atom is -0.272 e. The molecule has 7 nitrogen and oxygen atoms in total. The number of hydrogen-bond acceptors (Lipinski definition) is 6. The molecule has 0 N–H and O–H groups in total. The van der Waals surface area contributed by atoms with Crippen LogP contribution in [0.3, 0.4) is 0 Å². The van der Waals surface area contributed by atoms with Gasteiger partial charge in [-0.1, -0.05) is 30.3 Å².